The van der Waals surface area contributed by atoms with Crippen LogP contribution in [0.3, 0.4) is 0 Å². The van der Waals surface area contributed by atoms with E-state index in [9.17, 15) is 24.8 Å². The highest BCUT2D eigenvalue weighted by Crippen LogP contribution is 2.44. The number of benzene rings is 3. The molecule has 1 amide bonds. The standard InChI is InChI=1S/C23H17ClN2O5/c24-18-10-4-1-7-15(18)14-25-20-12-6-3-9-17(20)23(29,22(25)28)13-21(27)16-8-2-5-11-19(16)26(30)31/h1-12,29H,13-14H2/t23-/m0/s1. The monoisotopic (exact) mass is 436 g/mol. The summed E-state index contributed by atoms with van der Waals surface area (Å²) in [5, 5.41) is 23.1. The quantitative estimate of drug-likeness (QED) is 0.353. The molecule has 156 valence electrons. The van der Waals surface area contributed by atoms with Crippen LogP contribution in [0.4, 0.5) is 11.4 Å². The fraction of sp³-hybridized carbons (Fsp3) is 0.130. The van der Waals surface area contributed by atoms with Gasteiger partial charge in [0.1, 0.15) is 0 Å². The zero-order valence-electron chi connectivity index (χ0n) is 16.2. The predicted octanol–water partition coefficient (Wildman–Crippen LogP) is 4.26. The van der Waals surface area contributed by atoms with Gasteiger partial charge in [0, 0.05) is 16.7 Å². The Morgan fingerprint density at radius 3 is 2.42 bits per heavy atom. The number of carbonyl (C=O) groups is 2. The van der Waals surface area contributed by atoms with E-state index >= 15 is 0 Å². The van der Waals surface area contributed by atoms with Gasteiger partial charge in [0.15, 0.2) is 11.4 Å². The molecule has 0 aromatic heterocycles. The van der Waals surface area contributed by atoms with Crippen LogP contribution in [0, 0.1) is 10.1 Å². The van der Waals surface area contributed by atoms with E-state index in [0.29, 0.717) is 16.3 Å². The molecule has 4 rings (SSSR count). The Morgan fingerprint density at radius 1 is 1.03 bits per heavy atom. The molecule has 3 aromatic carbocycles. The van der Waals surface area contributed by atoms with Gasteiger partial charge in [-0.05, 0) is 23.8 Å². The number of nitro benzene ring substituents is 1. The minimum Gasteiger partial charge on any atom is -0.375 e. The number of hydrogen-bond acceptors (Lipinski definition) is 5. The van der Waals surface area contributed by atoms with Gasteiger partial charge in [-0.15, -0.1) is 0 Å². The molecule has 1 heterocycles. The van der Waals surface area contributed by atoms with Crippen LogP contribution >= 0.6 is 11.6 Å². The second kappa shape index (κ2) is 7.94. The SMILES string of the molecule is O=C(C[C@@]1(O)C(=O)N(Cc2ccccc2Cl)c2ccccc21)c1ccccc1[N+](=O)[O-]. The van der Waals surface area contributed by atoms with E-state index < -0.39 is 28.6 Å². The molecule has 0 bridgehead atoms. The zero-order valence-corrected chi connectivity index (χ0v) is 17.0. The second-order valence-electron chi connectivity index (χ2n) is 7.23. The van der Waals surface area contributed by atoms with Gasteiger partial charge in [-0.1, -0.05) is 60.1 Å². The van der Waals surface area contributed by atoms with E-state index in [-0.39, 0.29) is 23.4 Å². The lowest BCUT2D eigenvalue weighted by Gasteiger charge is -2.23. The average Bonchev–Trinajstić information content (AvgIpc) is 2.97. The first kappa shape index (κ1) is 20.7. The van der Waals surface area contributed by atoms with Crippen molar-refractivity contribution in [2.45, 2.75) is 18.6 Å². The molecule has 0 fully saturated rings. The highest BCUT2D eigenvalue weighted by molar-refractivity contribution is 6.31. The molecule has 1 N–H and O–H groups in total. The van der Waals surface area contributed by atoms with E-state index in [2.05, 4.69) is 0 Å². The summed E-state index contributed by atoms with van der Waals surface area (Å²) in [5.41, 5.74) is -1.25. The van der Waals surface area contributed by atoms with Gasteiger partial charge >= 0.3 is 0 Å². The molecular weight excluding hydrogens is 420 g/mol. The molecular formula is C23H17ClN2O5. The van der Waals surface area contributed by atoms with Crippen LogP contribution in [0.2, 0.25) is 5.02 Å². The van der Waals surface area contributed by atoms with Crippen molar-refractivity contribution in [2.24, 2.45) is 0 Å². The van der Waals surface area contributed by atoms with Gasteiger partial charge in [-0.2, -0.15) is 0 Å². The van der Waals surface area contributed by atoms with E-state index in [4.69, 9.17) is 11.6 Å². The summed E-state index contributed by atoms with van der Waals surface area (Å²) in [7, 11) is 0. The summed E-state index contributed by atoms with van der Waals surface area (Å²) in [6, 6.07) is 19.1. The van der Waals surface area contributed by atoms with Crippen LogP contribution < -0.4 is 4.90 Å². The summed E-state index contributed by atoms with van der Waals surface area (Å²) in [4.78, 5) is 38.3. The van der Waals surface area contributed by atoms with Gasteiger partial charge in [0.05, 0.1) is 29.1 Å². The van der Waals surface area contributed by atoms with Crippen molar-refractivity contribution in [3.63, 3.8) is 0 Å². The lowest BCUT2D eigenvalue weighted by molar-refractivity contribution is -0.385. The number of hydrogen-bond donors (Lipinski definition) is 1. The first-order valence-corrected chi connectivity index (χ1v) is 9.84. The van der Waals surface area contributed by atoms with Crippen molar-refractivity contribution < 1.29 is 19.6 Å². The summed E-state index contributed by atoms with van der Waals surface area (Å²) in [6.45, 7) is 0.109. The van der Waals surface area contributed by atoms with Crippen molar-refractivity contribution in [1.29, 1.82) is 0 Å². The molecule has 0 unspecified atom stereocenters. The number of fused-ring (bicyclic) bond motifs is 1. The Balaban J connectivity index is 1.71. The maximum Gasteiger partial charge on any atom is 0.280 e. The van der Waals surface area contributed by atoms with Gasteiger partial charge < -0.3 is 10.0 Å². The van der Waals surface area contributed by atoms with Crippen molar-refractivity contribution in [1.82, 2.24) is 0 Å². The molecule has 7 nitrogen and oxygen atoms in total. The largest absolute Gasteiger partial charge is 0.375 e. The Kier molecular flexibility index (Phi) is 5.31. The third-order valence-corrected chi connectivity index (χ3v) is 5.71. The molecule has 1 aliphatic rings. The molecule has 8 heteroatoms. The molecule has 1 atom stereocenters. The number of nitrogens with zero attached hydrogens (tertiary/aromatic N) is 2. The molecule has 1 aliphatic heterocycles. The van der Waals surface area contributed by atoms with Crippen LogP contribution in [0.1, 0.15) is 27.9 Å². The van der Waals surface area contributed by atoms with E-state index in [1.54, 1.807) is 48.5 Å². The molecule has 0 aliphatic carbocycles. The Labute approximate surface area is 182 Å². The highest BCUT2D eigenvalue weighted by Gasteiger charge is 2.51. The highest BCUT2D eigenvalue weighted by atomic mass is 35.5. The topological polar surface area (TPSA) is 101 Å². The van der Waals surface area contributed by atoms with E-state index in [1.165, 1.54) is 29.2 Å². The first-order valence-electron chi connectivity index (χ1n) is 9.47. The van der Waals surface area contributed by atoms with Gasteiger partial charge in [-0.25, -0.2) is 0 Å². The molecule has 0 saturated carbocycles. The van der Waals surface area contributed by atoms with Crippen LogP contribution in [-0.2, 0) is 16.9 Å². The van der Waals surface area contributed by atoms with Crippen LogP contribution in [0.25, 0.3) is 0 Å². The van der Waals surface area contributed by atoms with Crippen LogP contribution in [0.5, 0.6) is 0 Å². The zero-order chi connectivity index (χ0) is 22.2. The molecule has 31 heavy (non-hydrogen) atoms. The maximum absolute atomic E-state index is 13.3. The number of rotatable bonds is 6. The van der Waals surface area contributed by atoms with Gasteiger partial charge in [0.2, 0.25) is 0 Å². The summed E-state index contributed by atoms with van der Waals surface area (Å²) in [5.74, 6) is -1.38. The fourth-order valence-corrected chi connectivity index (χ4v) is 4.02. The number of amides is 1. The third kappa shape index (κ3) is 3.58. The molecule has 0 radical (unpaired) electrons. The van der Waals surface area contributed by atoms with Crippen LogP contribution in [0.15, 0.2) is 72.8 Å². The number of ketones is 1. The fourth-order valence-electron chi connectivity index (χ4n) is 3.83. The summed E-state index contributed by atoms with van der Waals surface area (Å²) in [6.07, 6.45) is -0.618. The minimum absolute atomic E-state index is 0.109. The van der Waals surface area contributed by atoms with Gasteiger partial charge in [0.25, 0.3) is 11.6 Å². The number of halogens is 1. The lowest BCUT2D eigenvalue weighted by Crippen LogP contribution is -2.41. The Hall–Kier alpha value is -3.55. The predicted molar refractivity (Wildman–Crippen MR) is 115 cm³/mol. The van der Waals surface area contributed by atoms with E-state index in [1.807, 2.05) is 0 Å². The third-order valence-electron chi connectivity index (χ3n) is 5.34. The second-order valence-corrected chi connectivity index (χ2v) is 7.64. The first-order chi connectivity index (χ1) is 14.8. The maximum atomic E-state index is 13.3. The Morgan fingerprint density at radius 2 is 1.68 bits per heavy atom. The summed E-state index contributed by atoms with van der Waals surface area (Å²) < 4.78 is 0. The smallest absolute Gasteiger partial charge is 0.280 e. The Bertz CT molecular complexity index is 1210. The number of nitro groups is 1. The lowest BCUT2D eigenvalue weighted by atomic mass is 9.88. The number of para-hydroxylation sites is 2. The molecule has 0 saturated heterocycles. The number of anilines is 1. The minimum atomic E-state index is -2.14. The molecule has 0 spiro atoms. The number of Topliss-reactive ketones (excluding diaryl/α,β-unsaturated/α-hetero) is 1. The average molecular weight is 437 g/mol. The van der Waals surface area contributed by atoms with Crippen molar-refractivity contribution >= 4 is 34.7 Å². The van der Waals surface area contributed by atoms with Crippen molar-refractivity contribution in [3.8, 4) is 0 Å². The number of aliphatic hydroxyl groups is 1. The molecule has 3 aromatic rings. The summed E-state index contributed by atoms with van der Waals surface area (Å²) >= 11 is 6.24. The van der Waals surface area contributed by atoms with Crippen molar-refractivity contribution in [3.05, 3.63) is 105 Å². The van der Waals surface area contributed by atoms with Gasteiger partial charge in [-0.3, -0.25) is 19.7 Å². The van der Waals surface area contributed by atoms with E-state index in [0.717, 1.165) is 0 Å². The normalized spacial score (nSPS) is 17.5. The number of carbonyl (C=O) groups excluding carboxylic acids is 2. The van der Waals surface area contributed by atoms with Crippen molar-refractivity contribution in [2.75, 3.05) is 4.90 Å². The van der Waals surface area contributed by atoms with Crippen LogP contribution in [-0.4, -0.2) is 21.7 Å².